The molecule has 0 saturated carbocycles. The van der Waals surface area contributed by atoms with Gasteiger partial charge in [0.05, 0.1) is 42.5 Å². The number of morpholine rings is 1. The number of nitrogens with two attached hydrogens (primary N) is 1. The van der Waals surface area contributed by atoms with Gasteiger partial charge < -0.3 is 20.1 Å². The zero-order valence-corrected chi connectivity index (χ0v) is 13.5. The summed E-state index contributed by atoms with van der Waals surface area (Å²) in [7, 11) is 3.84. The number of fused-ring (bicyclic) bond motifs is 1. The second-order valence-electron chi connectivity index (χ2n) is 6.32. The third kappa shape index (κ3) is 2.11. The van der Waals surface area contributed by atoms with Gasteiger partial charge in [-0.3, -0.25) is 4.90 Å². The number of hydrogen-bond donors (Lipinski definition) is 1. The van der Waals surface area contributed by atoms with Crippen molar-refractivity contribution in [3.05, 3.63) is 18.5 Å². The van der Waals surface area contributed by atoms with Gasteiger partial charge in [-0.25, -0.2) is 9.97 Å². The molecule has 2 aromatic rings. The van der Waals surface area contributed by atoms with E-state index in [1.807, 2.05) is 12.1 Å². The van der Waals surface area contributed by atoms with Crippen molar-refractivity contribution in [2.75, 3.05) is 57.6 Å². The Bertz CT molecular complexity index is 745. The van der Waals surface area contributed by atoms with Crippen molar-refractivity contribution in [3.8, 4) is 5.75 Å². The Morgan fingerprint density at radius 1 is 1.30 bits per heavy atom. The third-order valence-corrected chi connectivity index (χ3v) is 5.03. The Morgan fingerprint density at radius 3 is 2.87 bits per heavy atom. The molecule has 2 aliphatic rings. The van der Waals surface area contributed by atoms with Gasteiger partial charge in [0, 0.05) is 19.6 Å². The Hall–Kier alpha value is -2.12. The molecule has 23 heavy (non-hydrogen) atoms. The van der Waals surface area contributed by atoms with E-state index >= 15 is 0 Å². The molecule has 0 aliphatic carbocycles. The molecular formula is C16H21N5O2. The fourth-order valence-corrected chi connectivity index (χ4v) is 3.58. The van der Waals surface area contributed by atoms with Gasteiger partial charge >= 0.3 is 0 Å². The number of anilines is 2. The maximum Gasteiger partial charge on any atom is 0.143 e. The molecule has 7 heteroatoms. The van der Waals surface area contributed by atoms with E-state index in [4.69, 9.17) is 15.2 Å². The average molecular weight is 315 g/mol. The summed E-state index contributed by atoms with van der Waals surface area (Å²) in [4.78, 5) is 13.2. The summed E-state index contributed by atoms with van der Waals surface area (Å²) in [5.74, 6) is 1.28. The first-order valence-electron chi connectivity index (χ1n) is 7.76. The molecule has 1 spiro atoms. The summed E-state index contributed by atoms with van der Waals surface area (Å²) >= 11 is 0. The van der Waals surface area contributed by atoms with Crippen molar-refractivity contribution >= 4 is 22.4 Å². The average Bonchev–Trinajstić information content (AvgIpc) is 2.53. The largest absolute Gasteiger partial charge is 0.495 e. The lowest BCUT2D eigenvalue weighted by Crippen LogP contribution is -2.73. The van der Waals surface area contributed by atoms with Gasteiger partial charge in [0.25, 0.3) is 0 Å². The Labute approximate surface area is 135 Å². The number of nitrogens with zero attached hydrogens (tertiary/aromatic N) is 4. The summed E-state index contributed by atoms with van der Waals surface area (Å²) in [6, 6.07) is 3.86. The number of ether oxygens (including phenoxy) is 2. The third-order valence-electron chi connectivity index (χ3n) is 5.03. The van der Waals surface area contributed by atoms with Crippen LogP contribution < -0.4 is 15.4 Å². The molecular weight excluding hydrogens is 294 g/mol. The van der Waals surface area contributed by atoms with Crippen molar-refractivity contribution in [1.29, 1.82) is 0 Å². The van der Waals surface area contributed by atoms with E-state index in [9.17, 15) is 0 Å². The van der Waals surface area contributed by atoms with Crippen LogP contribution in [0.4, 0.5) is 11.5 Å². The van der Waals surface area contributed by atoms with Crippen molar-refractivity contribution < 1.29 is 9.47 Å². The predicted molar refractivity (Wildman–Crippen MR) is 88.9 cm³/mol. The molecule has 4 rings (SSSR count). The highest BCUT2D eigenvalue weighted by molar-refractivity contribution is 6.02. The molecule has 1 aromatic heterocycles. The Balaban J connectivity index is 1.75. The molecule has 0 amide bonds. The fourth-order valence-electron chi connectivity index (χ4n) is 3.58. The van der Waals surface area contributed by atoms with E-state index in [1.165, 1.54) is 6.33 Å². The van der Waals surface area contributed by atoms with E-state index in [2.05, 4.69) is 26.8 Å². The molecule has 0 bridgehead atoms. The van der Waals surface area contributed by atoms with Gasteiger partial charge in [0.2, 0.25) is 0 Å². The summed E-state index contributed by atoms with van der Waals surface area (Å²) in [5.41, 5.74) is 8.02. The van der Waals surface area contributed by atoms with Crippen molar-refractivity contribution in [3.63, 3.8) is 0 Å². The van der Waals surface area contributed by atoms with Crippen LogP contribution in [0.2, 0.25) is 0 Å². The maximum absolute atomic E-state index is 6.13. The minimum Gasteiger partial charge on any atom is -0.495 e. The van der Waals surface area contributed by atoms with Crippen LogP contribution in [0.15, 0.2) is 18.5 Å². The predicted octanol–water partition coefficient (Wildman–Crippen LogP) is 0.741. The van der Waals surface area contributed by atoms with Crippen molar-refractivity contribution in [1.82, 2.24) is 14.9 Å². The van der Waals surface area contributed by atoms with Crippen molar-refractivity contribution in [2.24, 2.45) is 0 Å². The number of hydrogen-bond acceptors (Lipinski definition) is 7. The van der Waals surface area contributed by atoms with Crippen LogP contribution in [0.3, 0.4) is 0 Å². The Kier molecular flexibility index (Phi) is 3.28. The lowest BCUT2D eigenvalue weighted by atomic mass is 9.86. The minimum atomic E-state index is 0.0792. The molecule has 2 saturated heterocycles. The van der Waals surface area contributed by atoms with Crippen LogP contribution in [0.5, 0.6) is 5.75 Å². The monoisotopic (exact) mass is 315 g/mol. The summed E-state index contributed by atoms with van der Waals surface area (Å²) < 4.78 is 11.3. The number of methoxy groups -OCH3 is 1. The molecule has 2 fully saturated rings. The van der Waals surface area contributed by atoms with E-state index in [0.29, 0.717) is 5.82 Å². The smallest absolute Gasteiger partial charge is 0.143 e. The second-order valence-corrected chi connectivity index (χ2v) is 6.32. The molecule has 122 valence electrons. The van der Waals surface area contributed by atoms with Crippen molar-refractivity contribution in [2.45, 2.75) is 5.54 Å². The second kappa shape index (κ2) is 5.21. The molecule has 0 radical (unpaired) electrons. The van der Waals surface area contributed by atoms with Gasteiger partial charge in [0.1, 0.15) is 17.9 Å². The lowest BCUT2D eigenvalue weighted by Gasteiger charge is -2.57. The first-order chi connectivity index (χ1) is 11.1. The molecule has 0 unspecified atom stereocenters. The normalized spacial score (nSPS) is 20.7. The van der Waals surface area contributed by atoms with Crippen LogP contribution in [0.25, 0.3) is 10.9 Å². The quantitative estimate of drug-likeness (QED) is 0.876. The highest BCUT2D eigenvalue weighted by Crippen LogP contribution is 2.43. The van der Waals surface area contributed by atoms with E-state index in [-0.39, 0.29) is 5.54 Å². The molecule has 2 aliphatic heterocycles. The lowest BCUT2D eigenvalue weighted by molar-refractivity contribution is -0.0691. The van der Waals surface area contributed by atoms with E-state index < -0.39 is 0 Å². The van der Waals surface area contributed by atoms with E-state index in [1.54, 1.807) is 7.11 Å². The zero-order valence-electron chi connectivity index (χ0n) is 13.5. The van der Waals surface area contributed by atoms with Gasteiger partial charge in [-0.05, 0) is 19.2 Å². The van der Waals surface area contributed by atoms with Gasteiger partial charge in [-0.1, -0.05) is 0 Å². The molecule has 0 atom stereocenters. The molecule has 7 nitrogen and oxygen atoms in total. The van der Waals surface area contributed by atoms with Crippen LogP contribution in [0, 0.1) is 0 Å². The molecule has 2 N–H and O–H groups in total. The zero-order chi connectivity index (χ0) is 16.0. The minimum absolute atomic E-state index is 0.0792. The number of nitrogen functional groups attached to an aromatic ring is 1. The number of likely N-dealkylation sites (N-methyl/N-ethyl adjacent to an activating group) is 1. The summed E-state index contributed by atoms with van der Waals surface area (Å²) in [6.45, 7) is 4.29. The standard InChI is InChI=1S/C16H21N5O2/c1-20-5-6-23-9-16(20)7-21(8-16)14-12(22-2)4-3-11-13(14)15(17)19-10-18-11/h3-4,10H,5-9H2,1-2H3,(H2,17,18,19). The van der Waals surface area contributed by atoms with Crippen LogP contribution in [-0.4, -0.2) is 67.4 Å². The topological polar surface area (TPSA) is 76.7 Å². The van der Waals surface area contributed by atoms with Gasteiger partial charge in [0.15, 0.2) is 0 Å². The summed E-state index contributed by atoms with van der Waals surface area (Å²) in [6.07, 6.45) is 1.49. The molecule has 3 heterocycles. The van der Waals surface area contributed by atoms with Crippen LogP contribution in [-0.2, 0) is 4.74 Å². The first-order valence-corrected chi connectivity index (χ1v) is 7.76. The number of aromatic nitrogens is 2. The SMILES string of the molecule is COc1ccc2ncnc(N)c2c1N1CC2(COCCN2C)C1. The van der Waals surface area contributed by atoms with Crippen LogP contribution in [0.1, 0.15) is 0 Å². The van der Waals surface area contributed by atoms with E-state index in [0.717, 1.165) is 55.2 Å². The van der Waals surface area contributed by atoms with Gasteiger partial charge in [-0.15, -0.1) is 0 Å². The highest BCUT2D eigenvalue weighted by atomic mass is 16.5. The highest BCUT2D eigenvalue weighted by Gasteiger charge is 2.49. The first kappa shape index (κ1) is 14.5. The van der Waals surface area contributed by atoms with Gasteiger partial charge in [-0.2, -0.15) is 0 Å². The van der Waals surface area contributed by atoms with Crippen LogP contribution >= 0.6 is 0 Å². The molecule has 1 aromatic carbocycles. The summed E-state index contributed by atoms with van der Waals surface area (Å²) in [5, 5.41) is 0.862. The maximum atomic E-state index is 6.13. The fraction of sp³-hybridized carbons (Fsp3) is 0.500. The number of benzene rings is 1. The Morgan fingerprint density at radius 2 is 2.13 bits per heavy atom. The number of rotatable bonds is 2.